The maximum absolute atomic E-state index is 13.9. The summed E-state index contributed by atoms with van der Waals surface area (Å²) in [5, 5.41) is 0. The molecule has 4 rings (SSSR count). The minimum atomic E-state index is -1.14. The molecule has 0 unspecified atom stereocenters. The molecule has 0 N–H and O–H groups in total. The number of piperazine rings is 1. The van der Waals surface area contributed by atoms with Crippen molar-refractivity contribution in [3.8, 4) is 16.9 Å². The first-order valence-corrected chi connectivity index (χ1v) is 13.0. The van der Waals surface area contributed by atoms with Gasteiger partial charge in [-0.3, -0.25) is 9.59 Å². The minimum absolute atomic E-state index is 0.00717. The monoisotopic (exact) mass is 495 g/mol. The first kappa shape index (κ1) is 26.1. The van der Waals surface area contributed by atoms with Crippen molar-refractivity contribution < 1.29 is 18.7 Å². The third kappa shape index (κ3) is 7.06. The van der Waals surface area contributed by atoms with Crippen molar-refractivity contribution in [2.75, 3.05) is 52.4 Å². The van der Waals surface area contributed by atoms with Crippen molar-refractivity contribution in [3.63, 3.8) is 0 Å². The van der Waals surface area contributed by atoms with Gasteiger partial charge in [0, 0.05) is 45.2 Å². The van der Waals surface area contributed by atoms with E-state index in [9.17, 15) is 14.0 Å². The fraction of sp³-hybridized carbons (Fsp3) is 0.517. The Morgan fingerprint density at radius 2 is 1.39 bits per heavy atom. The molecule has 2 aliphatic rings. The Hall–Kier alpha value is -2.93. The number of likely N-dealkylation sites (tertiary alicyclic amines) is 1. The number of ether oxygens (including phenoxy) is 1. The summed E-state index contributed by atoms with van der Waals surface area (Å²) in [5.74, 6) is 1.41. The van der Waals surface area contributed by atoms with Crippen LogP contribution < -0.4 is 4.74 Å². The first-order chi connectivity index (χ1) is 17.2. The van der Waals surface area contributed by atoms with Crippen LogP contribution >= 0.6 is 0 Å². The van der Waals surface area contributed by atoms with Crippen LogP contribution in [0.3, 0.4) is 0 Å². The Balaban J connectivity index is 1.25. The fourth-order valence-electron chi connectivity index (χ4n) is 5.01. The first-order valence-electron chi connectivity index (χ1n) is 13.0. The molecule has 6 nitrogen and oxygen atoms in total. The average Bonchev–Trinajstić information content (AvgIpc) is 2.87. The van der Waals surface area contributed by atoms with E-state index in [0.29, 0.717) is 50.8 Å². The van der Waals surface area contributed by atoms with E-state index >= 15 is 0 Å². The van der Waals surface area contributed by atoms with Gasteiger partial charge in [-0.25, -0.2) is 4.39 Å². The lowest BCUT2D eigenvalue weighted by molar-refractivity contribution is -0.130. The zero-order valence-electron chi connectivity index (χ0n) is 21.7. The van der Waals surface area contributed by atoms with E-state index in [1.54, 1.807) is 25.7 Å². The van der Waals surface area contributed by atoms with E-state index in [2.05, 4.69) is 4.90 Å². The number of hydrogen-bond donors (Lipinski definition) is 0. The van der Waals surface area contributed by atoms with E-state index in [0.717, 1.165) is 42.8 Å². The Labute approximate surface area is 214 Å². The van der Waals surface area contributed by atoms with Gasteiger partial charge in [0.15, 0.2) is 0 Å². The highest BCUT2D eigenvalue weighted by molar-refractivity contribution is 5.95. The summed E-state index contributed by atoms with van der Waals surface area (Å²) < 4.78 is 19.9. The van der Waals surface area contributed by atoms with Gasteiger partial charge >= 0.3 is 0 Å². The molecular formula is C29H38FN3O3. The van der Waals surface area contributed by atoms with Crippen LogP contribution in [0.4, 0.5) is 4.39 Å². The van der Waals surface area contributed by atoms with Gasteiger partial charge in [-0.05, 0) is 81.1 Å². The molecule has 0 radical (unpaired) electrons. The lowest BCUT2D eigenvalue weighted by Crippen LogP contribution is -2.50. The molecule has 36 heavy (non-hydrogen) atoms. The van der Waals surface area contributed by atoms with Crippen LogP contribution in [0.25, 0.3) is 11.1 Å². The van der Waals surface area contributed by atoms with Crippen LogP contribution in [0.2, 0.25) is 0 Å². The second-order valence-corrected chi connectivity index (χ2v) is 10.6. The van der Waals surface area contributed by atoms with Gasteiger partial charge in [-0.1, -0.05) is 24.3 Å². The van der Waals surface area contributed by atoms with Crippen molar-refractivity contribution in [2.45, 2.75) is 39.3 Å². The van der Waals surface area contributed by atoms with Crippen molar-refractivity contribution >= 4 is 11.8 Å². The van der Waals surface area contributed by atoms with E-state index in [1.165, 1.54) is 0 Å². The van der Waals surface area contributed by atoms with Crippen molar-refractivity contribution in [1.82, 2.24) is 14.7 Å². The zero-order valence-corrected chi connectivity index (χ0v) is 21.7. The van der Waals surface area contributed by atoms with Crippen LogP contribution in [0.15, 0.2) is 48.5 Å². The molecule has 2 aromatic rings. The molecule has 0 aromatic heterocycles. The number of carbonyl (C=O) groups is 2. The predicted molar refractivity (Wildman–Crippen MR) is 140 cm³/mol. The molecule has 0 saturated carbocycles. The summed E-state index contributed by atoms with van der Waals surface area (Å²) in [6, 6.07) is 15.7. The van der Waals surface area contributed by atoms with Crippen LogP contribution in [-0.4, -0.2) is 84.6 Å². The normalized spacial score (nSPS) is 17.8. The molecule has 2 saturated heterocycles. The second kappa shape index (κ2) is 11.4. The maximum atomic E-state index is 13.9. The molecule has 7 heteroatoms. The topological polar surface area (TPSA) is 53.1 Å². The van der Waals surface area contributed by atoms with E-state index in [1.807, 2.05) is 53.4 Å². The smallest absolute Gasteiger partial charge is 0.253 e. The summed E-state index contributed by atoms with van der Waals surface area (Å²) in [7, 11) is 0. The van der Waals surface area contributed by atoms with Crippen LogP contribution in [0.1, 0.15) is 44.0 Å². The van der Waals surface area contributed by atoms with Crippen LogP contribution in [-0.2, 0) is 4.79 Å². The molecule has 2 heterocycles. The molecule has 0 atom stereocenters. The summed E-state index contributed by atoms with van der Waals surface area (Å²) in [4.78, 5) is 30.1. The summed E-state index contributed by atoms with van der Waals surface area (Å²) in [6.45, 7) is 10.2. The Morgan fingerprint density at radius 1 is 0.861 bits per heavy atom. The highest BCUT2D eigenvalue weighted by atomic mass is 19.1. The summed E-state index contributed by atoms with van der Waals surface area (Å²) in [5.41, 5.74) is 1.63. The van der Waals surface area contributed by atoms with E-state index in [4.69, 9.17) is 4.74 Å². The van der Waals surface area contributed by atoms with Gasteiger partial charge < -0.3 is 19.4 Å². The van der Waals surface area contributed by atoms with Gasteiger partial charge in [-0.2, -0.15) is 0 Å². The van der Waals surface area contributed by atoms with Crippen molar-refractivity contribution in [1.29, 1.82) is 0 Å². The number of hydrogen-bond acceptors (Lipinski definition) is 4. The zero-order chi connectivity index (χ0) is 25.7. The highest BCUT2D eigenvalue weighted by Gasteiger charge is 2.26. The second-order valence-electron chi connectivity index (χ2n) is 10.6. The lowest BCUT2D eigenvalue weighted by Gasteiger charge is -2.34. The molecule has 2 amide bonds. The van der Waals surface area contributed by atoms with Gasteiger partial charge in [0.25, 0.3) is 5.91 Å². The molecule has 2 fully saturated rings. The third-order valence-electron chi connectivity index (χ3n) is 7.12. The Kier molecular flexibility index (Phi) is 8.29. The Bertz CT molecular complexity index is 1020. The maximum Gasteiger partial charge on any atom is 0.253 e. The van der Waals surface area contributed by atoms with Gasteiger partial charge in [0.1, 0.15) is 11.4 Å². The lowest BCUT2D eigenvalue weighted by atomic mass is 9.97. The van der Waals surface area contributed by atoms with Gasteiger partial charge in [0.2, 0.25) is 5.91 Å². The van der Waals surface area contributed by atoms with Crippen LogP contribution in [0, 0.1) is 5.92 Å². The Morgan fingerprint density at radius 3 is 1.92 bits per heavy atom. The minimum Gasteiger partial charge on any atom is -0.493 e. The van der Waals surface area contributed by atoms with Crippen LogP contribution in [0.5, 0.6) is 5.75 Å². The standard InChI is InChI=1S/C29H38FN3O3/c1-22(34)32-16-18-33(19-17-32)28(35)26-6-4-24(5-7-26)25-8-10-27(11-9-25)36-20-23-12-14-31(15-13-23)21-29(2,3)30/h4-11,23H,12-21H2,1-3H3. The van der Waals surface area contributed by atoms with Crippen molar-refractivity contribution in [2.24, 2.45) is 5.92 Å². The molecule has 0 bridgehead atoms. The molecule has 2 aliphatic heterocycles. The third-order valence-corrected chi connectivity index (χ3v) is 7.12. The molecule has 194 valence electrons. The predicted octanol–water partition coefficient (Wildman–Crippen LogP) is 4.50. The quantitative estimate of drug-likeness (QED) is 0.568. The number of nitrogens with zero attached hydrogens (tertiary/aromatic N) is 3. The number of halogens is 1. The summed E-state index contributed by atoms with van der Waals surface area (Å²) in [6.07, 6.45) is 2.07. The number of benzene rings is 2. The molecule has 0 aliphatic carbocycles. The molecule has 0 spiro atoms. The average molecular weight is 496 g/mol. The number of rotatable bonds is 7. The number of piperidine rings is 1. The van der Waals surface area contributed by atoms with Crippen molar-refractivity contribution in [3.05, 3.63) is 54.1 Å². The van der Waals surface area contributed by atoms with Gasteiger partial charge in [0.05, 0.1) is 6.61 Å². The number of carbonyl (C=O) groups excluding carboxylic acids is 2. The SMILES string of the molecule is CC(=O)N1CCN(C(=O)c2ccc(-c3ccc(OCC4CCN(CC(C)(C)F)CC4)cc3)cc2)CC1. The molecular weight excluding hydrogens is 457 g/mol. The number of alkyl halides is 1. The largest absolute Gasteiger partial charge is 0.493 e. The van der Waals surface area contributed by atoms with Gasteiger partial charge in [-0.15, -0.1) is 0 Å². The van der Waals surface area contributed by atoms with E-state index in [-0.39, 0.29) is 11.8 Å². The van der Waals surface area contributed by atoms with E-state index < -0.39 is 5.67 Å². The number of amides is 2. The molecule has 2 aromatic carbocycles. The summed E-state index contributed by atoms with van der Waals surface area (Å²) >= 11 is 0. The fourth-order valence-corrected chi connectivity index (χ4v) is 5.01. The highest BCUT2D eigenvalue weighted by Crippen LogP contribution is 2.25.